The van der Waals surface area contributed by atoms with Crippen LogP contribution >= 0.6 is 0 Å². The van der Waals surface area contributed by atoms with Crippen LogP contribution in [-0.2, 0) is 6.54 Å². The van der Waals surface area contributed by atoms with Crippen LogP contribution in [0.25, 0.3) is 22.1 Å². The fourth-order valence-electron chi connectivity index (χ4n) is 3.82. The van der Waals surface area contributed by atoms with Crippen molar-refractivity contribution >= 4 is 33.8 Å². The monoisotopic (exact) mass is 399 g/mol. The normalized spacial score (nSPS) is 11.5. The van der Waals surface area contributed by atoms with E-state index >= 15 is 0 Å². The predicted molar refractivity (Wildman–Crippen MR) is 115 cm³/mol. The SMILES string of the molecule is CCN(Cc1cc2ccccn2n1)C(=O)c1ccc2nc(N)c3cnc(C)n3c2c1. The van der Waals surface area contributed by atoms with Gasteiger partial charge >= 0.3 is 0 Å². The van der Waals surface area contributed by atoms with Crippen molar-refractivity contribution in [3.05, 3.63) is 71.9 Å². The fraction of sp³-hybridized carbons (Fsp3) is 0.182. The third-order valence-electron chi connectivity index (χ3n) is 5.35. The number of nitrogen functional groups attached to an aromatic ring is 1. The van der Waals surface area contributed by atoms with Crippen molar-refractivity contribution in [3.63, 3.8) is 0 Å². The first-order chi connectivity index (χ1) is 14.5. The first kappa shape index (κ1) is 18.1. The van der Waals surface area contributed by atoms with Gasteiger partial charge in [-0.2, -0.15) is 5.10 Å². The summed E-state index contributed by atoms with van der Waals surface area (Å²) in [6.07, 6.45) is 3.60. The Morgan fingerprint density at radius 1 is 1.17 bits per heavy atom. The van der Waals surface area contributed by atoms with Gasteiger partial charge in [-0.1, -0.05) is 6.07 Å². The van der Waals surface area contributed by atoms with E-state index < -0.39 is 0 Å². The maximum atomic E-state index is 13.3. The molecule has 150 valence electrons. The van der Waals surface area contributed by atoms with E-state index in [9.17, 15) is 4.79 Å². The number of nitrogens with two attached hydrogens (primary N) is 1. The molecule has 0 bridgehead atoms. The summed E-state index contributed by atoms with van der Waals surface area (Å²) in [6.45, 7) is 4.89. The van der Waals surface area contributed by atoms with Gasteiger partial charge in [-0.25, -0.2) is 14.5 Å². The van der Waals surface area contributed by atoms with Crippen molar-refractivity contribution < 1.29 is 4.79 Å². The average molecular weight is 399 g/mol. The second kappa shape index (κ2) is 6.84. The first-order valence-electron chi connectivity index (χ1n) is 9.81. The number of hydrogen-bond acceptors (Lipinski definition) is 5. The number of carbonyl (C=O) groups excluding carboxylic acids is 1. The molecule has 4 aromatic heterocycles. The molecular formula is C22H21N7O. The standard InChI is InChI=1S/C22H21N7O/c1-3-27(13-16-11-17-6-4-5-9-28(17)26-16)22(30)15-7-8-18-19(10-15)29-14(2)24-12-20(29)21(23)25-18/h4-12H,3,13H2,1-2H3,(H2,23,25). The summed E-state index contributed by atoms with van der Waals surface area (Å²) < 4.78 is 3.76. The summed E-state index contributed by atoms with van der Waals surface area (Å²) in [4.78, 5) is 23.9. The predicted octanol–water partition coefficient (Wildman–Crippen LogP) is 3.08. The molecular weight excluding hydrogens is 378 g/mol. The van der Waals surface area contributed by atoms with Gasteiger partial charge in [-0.05, 0) is 50.2 Å². The summed E-state index contributed by atoms with van der Waals surface area (Å²) in [7, 11) is 0. The lowest BCUT2D eigenvalue weighted by Gasteiger charge is -2.20. The van der Waals surface area contributed by atoms with Gasteiger partial charge in [0.2, 0.25) is 0 Å². The molecule has 0 saturated carbocycles. The van der Waals surface area contributed by atoms with Gasteiger partial charge in [0, 0.05) is 18.3 Å². The Labute approximate surface area is 172 Å². The Kier molecular flexibility index (Phi) is 4.13. The van der Waals surface area contributed by atoms with Gasteiger partial charge in [0.25, 0.3) is 5.91 Å². The molecule has 30 heavy (non-hydrogen) atoms. The molecule has 4 heterocycles. The molecule has 0 saturated heterocycles. The number of amides is 1. The lowest BCUT2D eigenvalue weighted by molar-refractivity contribution is 0.0750. The summed E-state index contributed by atoms with van der Waals surface area (Å²) in [5, 5.41) is 4.57. The molecule has 0 atom stereocenters. The Morgan fingerprint density at radius 2 is 2.03 bits per heavy atom. The maximum absolute atomic E-state index is 13.3. The van der Waals surface area contributed by atoms with E-state index in [1.54, 1.807) is 17.2 Å². The van der Waals surface area contributed by atoms with Crippen molar-refractivity contribution in [1.82, 2.24) is 28.9 Å². The van der Waals surface area contributed by atoms with E-state index in [0.717, 1.165) is 33.6 Å². The third-order valence-corrected chi connectivity index (χ3v) is 5.35. The molecule has 1 aromatic carbocycles. The van der Waals surface area contributed by atoms with Crippen molar-refractivity contribution in [1.29, 1.82) is 0 Å². The molecule has 8 heteroatoms. The molecule has 2 N–H and O–H groups in total. The highest BCUT2D eigenvalue weighted by atomic mass is 16.2. The lowest BCUT2D eigenvalue weighted by atomic mass is 10.1. The van der Waals surface area contributed by atoms with Crippen LogP contribution < -0.4 is 5.73 Å². The molecule has 8 nitrogen and oxygen atoms in total. The Hall–Kier alpha value is -3.94. The van der Waals surface area contributed by atoms with Crippen LogP contribution in [0.3, 0.4) is 0 Å². The molecule has 0 aliphatic rings. The first-order valence-corrected chi connectivity index (χ1v) is 9.81. The number of carbonyl (C=O) groups is 1. The second-order valence-corrected chi connectivity index (χ2v) is 7.25. The minimum atomic E-state index is -0.0563. The molecule has 5 aromatic rings. The highest BCUT2D eigenvalue weighted by Gasteiger charge is 2.18. The molecule has 0 fully saturated rings. The number of aryl methyl sites for hydroxylation is 1. The summed E-state index contributed by atoms with van der Waals surface area (Å²) in [5.74, 6) is 1.16. The fourth-order valence-corrected chi connectivity index (χ4v) is 3.82. The maximum Gasteiger partial charge on any atom is 0.254 e. The van der Waals surface area contributed by atoms with Crippen LogP contribution in [0.1, 0.15) is 28.8 Å². The van der Waals surface area contributed by atoms with E-state index in [1.165, 1.54) is 0 Å². The van der Waals surface area contributed by atoms with Gasteiger partial charge in [0.05, 0.1) is 35.0 Å². The van der Waals surface area contributed by atoms with Gasteiger partial charge in [0.15, 0.2) is 0 Å². The number of imidazole rings is 1. The lowest BCUT2D eigenvalue weighted by Crippen LogP contribution is -2.30. The summed E-state index contributed by atoms with van der Waals surface area (Å²) >= 11 is 0. The van der Waals surface area contributed by atoms with E-state index in [2.05, 4.69) is 15.1 Å². The molecule has 0 unspecified atom stereocenters. The number of hydrogen-bond donors (Lipinski definition) is 1. The van der Waals surface area contributed by atoms with Crippen LogP contribution in [0, 0.1) is 6.92 Å². The van der Waals surface area contributed by atoms with E-state index in [-0.39, 0.29) is 5.91 Å². The number of nitrogens with zero attached hydrogens (tertiary/aromatic N) is 6. The Morgan fingerprint density at radius 3 is 2.83 bits per heavy atom. The van der Waals surface area contributed by atoms with Crippen LogP contribution in [0.15, 0.2) is 54.9 Å². The largest absolute Gasteiger partial charge is 0.382 e. The zero-order chi connectivity index (χ0) is 20.8. The highest BCUT2D eigenvalue weighted by Crippen LogP contribution is 2.23. The third kappa shape index (κ3) is 2.85. The van der Waals surface area contributed by atoms with Crippen LogP contribution in [-0.4, -0.2) is 41.3 Å². The van der Waals surface area contributed by atoms with Crippen LogP contribution in [0.5, 0.6) is 0 Å². The van der Waals surface area contributed by atoms with Crippen molar-refractivity contribution in [3.8, 4) is 0 Å². The molecule has 5 rings (SSSR count). The highest BCUT2D eigenvalue weighted by molar-refractivity contribution is 5.98. The van der Waals surface area contributed by atoms with Crippen LogP contribution in [0.4, 0.5) is 5.82 Å². The van der Waals surface area contributed by atoms with Crippen molar-refractivity contribution in [2.75, 3.05) is 12.3 Å². The number of rotatable bonds is 4. The topological polar surface area (TPSA) is 93.8 Å². The number of pyridine rings is 1. The molecule has 0 aliphatic heterocycles. The minimum absolute atomic E-state index is 0.0563. The number of fused-ring (bicyclic) bond motifs is 4. The van der Waals surface area contributed by atoms with E-state index in [0.29, 0.717) is 24.5 Å². The van der Waals surface area contributed by atoms with Crippen molar-refractivity contribution in [2.45, 2.75) is 20.4 Å². The van der Waals surface area contributed by atoms with E-state index in [4.69, 9.17) is 5.73 Å². The number of anilines is 1. The van der Waals surface area contributed by atoms with Gasteiger partial charge in [-0.15, -0.1) is 0 Å². The quantitative estimate of drug-likeness (QED) is 0.501. The van der Waals surface area contributed by atoms with E-state index in [1.807, 2.05) is 65.4 Å². The molecule has 0 radical (unpaired) electrons. The van der Waals surface area contributed by atoms with Crippen molar-refractivity contribution in [2.24, 2.45) is 0 Å². The summed E-state index contributed by atoms with van der Waals surface area (Å²) in [6, 6.07) is 13.4. The van der Waals surface area contributed by atoms with Gasteiger partial charge in [-0.3, -0.25) is 9.20 Å². The Bertz CT molecular complexity index is 1380. The summed E-state index contributed by atoms with van der Waals surface area (Å²) in [5.41, 5.74) is 10.8. The van der Waals surface area contributed by atoms with Gasteiger partial charge in [0.1, 0.15) is 17.2 Å². The average Bonchev–Trinajstić information content (AvgIpc) is 3.35. The minimum Gasteiger partial charge on any atom is -0.382 e. The zero-order valence-electron chi connectivity index (χ0n) is 16.8. The van der Waals surface area contributed by atoms with Gasteiger partial charge < -0.3 is 10.6 Å². The Balaban J connectivity index is 1.52. The number of aromatic nitrogens is 5. The zero-order valence-corrected chi connectivity index (χ0v) is 16.8. The van der Waals surface area contributed by atoms with Crippen LogP contribution in [0.2, 0.25) is 0 Å². The second-order valence-electron chi connectivity index (χ2n) is 7.25. The number of benzene rings is 1. The molecule has 0 aliphatic carbocycles. The molecule has 1 amide bonds. The smallest absolute Gasteiger partial charge is 0.254 e. The molecule has 0 spiro atoms.